The largest absolute Gasteiger partial charge is 0.455 e. The molecule has 0 radical (unpaired) electrons. The molecule has 1 spiro atoms. The number of benzene rings is 1. The molecule has 37 heavy (non-hydrogen) atoms. The van der Waals surface area contributed by atoms with Crippen LogP contribution in [-0.4, -0.2) is 16.1 Å². The van der Waals surface area contributed by atoms with Crippen LogP contribution in [0.2, 0.25) is 0 Å². The van der Waals surface area contributed by atoms with Gasteiger partial charge in [-0.1, -0.05) is 52.7 Å². The Morgan fingerprint density at radius 1 is 1.14 bits per heavy atom. The lowest BCUT2D eigenvalue weighted by molar-refractivity contribution is -0.156. The average molecular weight is 518 g/mol. The number of fused-ring (bicyclic) bond motifs is 4. The second kappa shape index (κ2) is 8.80. The molecule has 1 fully saturated rings. The molecule has 0 saturated heterocycles. The number of hydrogen-bond acceptors (Lipinski definition) is 5. The fraction of sp³-hybridized carbons (Fsp3) is 0.586. The minimum absolute atomic E-state index is 0.0312. The van der Waals surface area contributed by atoms with E-state index in [9.17, 15) is 23.1 Å². The van der Waals surface area contributed by atoms with Gasteiger partial charge in [0.05, 0.1) is 23.0 Å². The van der Waals surface area contributed by atoms with E-state index in [1.807, 2.05) is 27.7 Å². The van der Waals surface area contributed by atoms with Crippen LogP contribution < -0.4 is 0 Å². The molecule has 1 unspecified atom stereocenters. The average Bonchev–Trinajstić information content (AvgIpc) is 3.40. The zero-order chi connectivity index (χ0) is 26.9. The molecule has 2 aromatic rings. The number of aliphatic hydroxyl groups excluding tert-OH is 1. The number of pyridine rings is 1. The molecule has 200 valence electrons. The summed E-state index contributed by atoms with van der Waals surface area (Å²) >= 11 is 0. The summed E-state index contributed by atoms with van der Waals surface area (Å²) < 4.78 is 52.4. The van der Waals surface area contributed by atoms with E-state index < -0.39 is 47.0 Å². The minimum atomic E-state index is -4.42. The van der Waals surface area contributed by atoms with Gasteiger partial charge < -0.3 is 14.6 Å². The zero-order valence-electron chi connectivity index (χ0n) is 21.9. The molecule has 0 bridgehead atoms. The van der Waals surface area contributed by atoms with Crippen molar-refractivity contribution in [1.82, 2.24) is 4.98 Å². The van der Waals surface area contributed by atoms with Crippen molar-refractivity contribution in [3.63, 3.8) is 0 Å². The van der Waals surface area contributed by atoms with E-state index in [-0.39, 0.29) is 5.92 Å². The van der Waals surface area contributed by atoms with Crippen molar-refractivity contribution >= 4 is 5.97 Å². The SMILES string of the molecule is CC(=O)O[C@H]1c2nc(C(C)C)c3c(c2[C@@H](O)CC1(C)C)C1(CCCC1)OC3c1ccc(C(F)(F)F)cc1. The van der Waals surface area contributed by atoms with Gasteiger partial charge in [-0.2, -0.15) is 13.2 Å². The van der Waals surface area contributed by atoms with Crippen LogP contribution in [0.5, 0.6) is 0 Å². The molecule has 1 aromatic heterocycles. The number of carbonyl (C=O) groups is 1. The number of halogens is 3. The first-order chi connectivity index (χ1) is 17.2. The molecule has 8 heteroatoms. The van der Waals surface area contributed by atoms with E-state index in [2.05, 4.69) is 0 Å². The van der Waals surface area contributed by atoms with Crippen molar-refractivity contribution < 1.29 is 32.5 Å². The van der Waals surface area contributed by atoms with Crippen molar-refractivity contribution in [2.75, 3.05) is 0 Å². The molecule has 5 nitrogen and oxygen atoms in total. The summed E-state index contributed by atoms with van der Waals surface area (Å²) in [7, 11) is 0. The van der Waals surface area contributed by atoms with Gasteiger partial charge in [-0.25, -0.2) is 0 Å². The molecular weight excluding hydrogens is 483 g/mol. The number of aromatic nitrogens is 1. The molecule has 2 heterocycles. The highest BCUT2D eigenvalue weighted by molar-refractivity contribution is 5.67. The Hall–Kier alpha value is -2.45. The molecule has 1 N–H and O–H groups in total. The van der Waals surface area contributed by atoms with Crippen LogP contribution in [0.3, 0.4) is 0 Å². The number of carbonyl (C=O) groups excluding carboxylic acids is 1. The fourth-order valence-electron chi connectivity index (χ4n) is 6.58. The van der Waals surface area contributed by atoms with Gasteiger partial charge in [-0.15, -0.1) is 0 Å². The number of aliphatic hydroxyl groups is 1. The van der Waals surface area contributed by atoms with Crippen molar-refractivity contribution in [3.05, 3.63) is 63.5 Å². The summed E-state index contributed by atoms with van der Waals surface area (Å²) in [5.41, 5.74) is 2.48. The van der Waals surface area contributed by atoms with Crippen LogP contribution in [0.25, 0.3) is 0 Å². The highest BCUT2D eigenvalue weighted by atomic mass is 19.4. The Bertz CT molecular complexity index is 1210. The monoisotopic (exact) mass is 517 g/mol. The van der Waals surface area contributed by atoms with E-state index in [1.54, 1.807) is 0 Å². The summed E-state index contributed by atoms with van der Waals surface area (Å²) in [6.45, 7) is 9.33. The Labute approximate surface area is 215 Å². The Balaban J connectivity index is 1.77. The number of hydrogen-bond donors (Lipinski definition) is 1. The molecule has 3 atom stereocenters. The molecule has 5 rings (SSSR count). The maximum Gasteiger partial charge on any atom is 0.416 e. The van der Waals surface area contributed by atoms with Crippen LogP contribution in [0.15, 0.2) is 24.3 Å². The van der Waals surface area contributed by atoms with Gasteiger partial charge in [-0.3, -0.25) is 9.78 Å². The summed E-state index contributed by atoms with van der Waals surface area (Å²) in [4.78, 5) is 17.2. The van der Waals surface area contributed by atoms with Gasteiger partial charge in [0, 0.05) is 29.2 Å². The van der Waals surface area contributed by atoms with E-state index in [0.29, 0.717) is 23.2 Å². The lowest BCUT2D eigenvalue weighted by Crippen LogP contribution is -2.37. The number of nitrogens with zero attached hydrogens (tertiary/aromatic N) is 1. The van der Waals surface area contributed by atoms with Crippen LogP contribution in [0, 0.1) is 5.41 Å². The third-order valence-corrected chi connectivity index (χ3v) is 8.19. The van der Waals surface area contributed by atoms with E-state index >= 15 is 0 Å². The second-order valence-electron chi connectivity index (χ2n) is 11.8. The Kier molecular flexibility index (Phi) is 6.23. The molecule has 0 amide bonds. The number of ether oxygens (including phenoxy) is 2. The van der Waals surface area contributed by atoms with E-state index in [1.165, 1.54) is 19.1 Å². The van der Waals surface area contributed by atoms with Gasteiger partial charge in [0.15, 0.2) is 0 Å². The standard InChI is InChI=1S/C29H34F3NO4/c1-15(2)23-21-22(20-19(35)14-27(4,5)26(24(20)33-23)36-16(3)34)28(12-6-7-13-28)37-25(21)17-8-10-18(11-9-17)29(30,31)32/h8-11,15,19,25-26,35H,6-7,12-14H2,1-5H3/t19-,25?,26-/m0/s1. The summed E-state index contributed by atoms with van der Waals surface area (Å²) in [5, 5.41) is 11.5. The predicted molar refractivity (Wildman–Crippen MR) is 131 cm³/mol. The van der Waals surface area contributed by atoms with Crippen LogP contribution in [0.4, 0.5) is 13.2 Å². The molecule has 1 aliphatic heterocycles. The first kappa shape index (κ1) is 26.2. The highest BCUT2D eigenvalue weighted by Gasteiger charge is 2.55. The van der Waals surface area contributed by atoms with Gasteiger partial charge in [0.2, 0.25) is 0 Å². The quantitative estimate of drug-likeness (QED) is 0.437. The predicted octanol–water partition coefficient (Wildman–Crippen LogP) is 7.18. The summed E-state index contributed by atoms with van der Waals surface area (Å²) in [5.74, 6) is -0.445. The van der Waals surface area contributed by atoms with Gasteiger partial charge in [0.1, 0.15) is 12.2 Å². The van der Waals surface area contributed by atoms with Crippen molar-refractivity contribution in [1.29, 1.82) is 0 Å². The molecule has 3 aliphatic rings. The first-order valence-electron chi connectivity index (χ1n) is 13.0. The second-order valence-corrected chi connectivity index (χ2v) is 11.8. The minimum Gasteiger partial charge on any atom is -0.455 e. The summed E-state index contributed by atoms with van der Waals surface area (Å²) in [6.07, 6.45) is -2.70. The number of rotatable bonds is 3. The van der Waals surface area contributed by atoms with Crippen LogP contribution >= 0.6 is 0 Å². The number of alkyl halides is 3. The smallest absolute Gasteiger partial charge is 0.416 e. The molecule has 2 aliphatic carbocycles. The van der Waals surface area contributed by atoms with Gasteiger partial charge in [0.25, 0.3) is 0 Å². The maximum absolute atomic E-state index is 13.3. The zero-order valence-corrected chi connectivity index (χ0v) is 21.9. The number of esters is 1. The Morgan fingerprint density at radius 3 is 2.30 bits per heavy atom. The Morgan fingerprint density at radius 2 is 1.76 bits per heavy atom. The van der Waals surface area contributed by atoms with Crippen molar-refractivity contribution in [2.24, 2.45) is 5.41 Å². The van der Waals surface area contributed by atoms with Crippen LogP contribution in [-0.2, 0) is 26.0 Å². The van der Waals surface area contributed by atoms with Gasteiger partial charge in [-0.05, 0) is 48.4 Å². The lowest BCUT2D eigenvalue weighted by Gasteiger charge is -2.42. The van der Waals surface area contributed by atoms with E-state index in [4.69, 9.17) is 14.5 Å². The fourth-order valence-corrected chi connectivity index (χ4v) is 6.58. The van der Waals surface area contributed by atoms with Crippen LogP contribution in [0.1, 0.15) is 130 Å². The maximum atomic E-state index is 13.3. The highest BCUT2D eigenvalue weighted by Crippen LogP contribution is 2.61. The lowest BCUT2D eigenvalue weighted by atomic mass is 9.68. The van der Waals surface area contributed by atoms with E-state index in [0.717, 1.165) is 54.6 Å². The third kappa shape index (κ3) is 4.26. The molecule has 1 aromatic carbocycles. The third-order valence-electron chi connectivity index (χ3n) is 8.19. The normalized spacial score (nSPS) is 25.8. The van der Waals surface area contributed by atoms with Crippen molar-refractivity contribution in [2.45, 2.75) is 103 Å². The van der Waals surface area contributed by atoms with Crippen molar-refractivity contribution in [3.8, 4) is 0 Å². The van der Waals surface area contributed by atoms with Gasteiger partial charge >= 0.3 is 12.1 Å². The summed E-state index contributed by atoms with van der Waals surface area (Å²) in [6, 6.07) is 5.14. The molecule has 1 saturated carbocycles. The first-order valence-corrected chi connectivity index (χ1v) is 13.0. The topological polar surface area (TPSA) is 68.7 Å². The molecular formula is C29H34F3NO4.